The Morgan fingerprint density at radius 1 is 1.19 bits per heavy atom. The maximum Gasteiger partial charge on any atom is 0.255 e. The number of carbonyl (C=O) groups excluding carboxylic acids is 2. The number of rotatable bonds is 8. The standard InChI is InChI=1S/C22H25N5O4/c1-13(12-28)27-20(23)18(21(24)29)19(26-27)15-9-7-14(8-10-15)11-25-22(30)16-5-3-4-6-17(16)31-2/h3-10,13,28H,11-12,23H2,1-2H3,(H2,24,29)(H,25,30). The summed E-state index contributed by atoms with van der Waals surface area (Å²) < 4.78 is 6.60. The summed E-state index contributed by atoms with van der Waals surface area (Å²) >= 11 is 0. The number of nitrogens with zero attached hydrogens (tertiary/aromatic N) is 2. The third-order valence-electron chi connectivity index (χ3n) is 4.91. The molecular formula is C22H25N5O4. The number of carbonyl (C=O) groups is 2. The Kier molecular flexibility index (Phi) is 6.56. The Morgan fingerprint density at radius 2 is 1.87 bits per heavy atom. The zero-order chi connectivity index (χ0) is 22.5. The van der Waals surface area contributed by atoms with E-state index in [-0.39, 0.29) is 23.9 Å². The molecule has 0 bridgehead atoms. The number of aromatic nitrogens is 2. The number of anilines is 1. The van der Waals surface area contributed by atoms with Crippen LogP contribution in [0.15, 0.2) is 48.5 Å². The SMILES string of the molecule is COc1ccccc1C(=O)NCc1ccc(-c2nn(C(C)CO)c(N)c2C(N)=O)cc1. The van der Waals surface area contributed by atoms with Crippen molar-refractivity contribution < 1.29 is 19.4 Å². The number of nitrogens with two attached hydrogens (primary N) is 2. The number of primary amides is 1. The van der Waals surface area contributed by atoms with E-state index in [1.54, 1.807) is 43.3 Å². The Morgan fingerprint density at radius 3 is 2.48 bits per heavy atom. The molecule has 162 valence electrons. The Hall–Kier alpha value is -3.85. The summed E-state index contributed by atoms with van der Waals surface area (Å²) in [5.74, 6) is -0.337. The van der Waals surface area contributed by atoms with Crippen LogP contribution >= 0.6 is 0 Å². The van der Waals surface area contributed by atoms with Crippen LogP contribution in [-0.4, -0.2) is 40.4 Å². The lowest BCUT2D eigenvalue weighted by Crippen LogP contribution is -2.23. The van der Waals surface area contributed by atoms with E-state index in [0.717, 1.165) is 5.56 Å². The molecule has 0 fully saturated rings. The second kappa shape index (κ2) is 9.31. The van der Waals surface area contributed by atoms with Crippen LogP contribution < -0.4 is 21.5 Å². The Labute approximate surface area is 179 Å². The van der Waals surface area contributed by atoms with Gasteiger partial charge in [-0.3, -0.25) is 9.59 Å². The lowest BCUT2D eigenvalue weighted by molar-refractivity contribution is 0.0946. The maximum absolute atomic E-state index is 12.4. The highest BCUT2D eigenvalue weighted by molar-refractivity contribution is 6.03. The number of aliphatic hydroxyl groups excluding tert-OH is 1. The first-order chi connectivity index (χ1) is 14.9. The third kappa shape index (κ3) is 4.51. The number of hydrogen-bond donors (Lipinski definition) is 4. The second-order valence-corrected chi connectivity index (χ2v) is 7.03. The smallest absolute Gasteiger partial charge is 0.255 e. The third-order valence-corrected chi connectivity index (χ3v) is 4.91. The van der Waals surface area contributed by atoms with Gasteiger partial charge in [0.05, 0.1) is 25.3 Å². The fourth-order valence-corrected chi connectivity index (χ4v) is 3.20. The van der Waals surface area contributed by atoms with Crippen LogP contribution in [0.4, 0.5) is 5.82 Å². The van der Waals surface area contributed by atoms with Crippen LogP contribution in [0.2, 0.25) is 0 Å². The highest BCUT2D eigenvalue weighted by atomic mass is 16.5. The summed E-state index contributed by atoms with van der Waals surface area (Å²) in [4.78, 5) is 24.4. The highest BCUT2D eigenvalue weighted by Gasteiger charge is 2.23. The topological polar surface area (TPSA) is 145 Å². The fourth-order valence-electron chi connectivity index (χ4n) is 3.20. The molecule has 3 aromatic rings. The van der Waals surface area contributed by atoms with Crippen molar-refractivity contribution in [3.05, 3.63) is 65.2 Å². The molecule has 9 nitrogen and oxygen atoms in total. The average molecular weight is 423 g/mol. The minimum Gasteiger partial charge on any atom is -0.496 e. The van der Waals surface area contributed by atoms with Crippen molar-refractivity contribution in [2.75, 3.05) is 19.5 Å². The zero-order valence-electron chi connectivity index (χ0n) is 17.3. The first-order valence-corrected chi connectivity index (χ1v) is 9.66. The number of ether oxygens (including phenoxy) is 1. The van der Waals surface area contributed by atoms with Gasteiger partial charge in [0.1, 0.15) is 22.8 Å². The van der Waals surface area contributed by atoms with Gasteiger partial charge in [-0.15, -0.1) is 0 Å². The van der Waals surface area contributed by atoms with E-state index in [2.05, 4.69) is 10.4 Å². The van der Waals surface area contributed by atoms with Crippen LogP contribution in [0.25, 0.3) is 11.3 Å². The molecule has 2 amide bonds. The van der Waals surface area contributed by atoms with Gasteiger partial charge in [-0.05, 0) is 24.6 Å². The van der Waals surface area contributed by atoms with Gasteiger partial charge in [-0.25, -0.2) is 4.68 Å². The van der Waals surface area contributed by atoms with Crippen molar-refractivity contribution in [2.45, 2.75) is 19.5 Å². The summed E-state index contributed by atoms with van der Waals surface area (Å²) in [6.07, 6.45) is 0. The fraction of sp³-hybridized carbons (Fsp3) is 0.227. The molecular weight excluding hydrogens is 398 g/mol. The number of para-hydroxylation sites is 1. The van der Waals surface area contributed by atoms with Crippen molar-refractivity contribution in [3.63, 3.8) is 0 Å². The molecule has 1 heterocycles. The van der Waals surface area contributed by atoms with E-state index in [9.17, 15) is 14.7 Å². The van der Waals surface area contributed by atoms with Gasteiger partial charge in [-0.1, -0.05) is 36.4 Å². The van der Waals surface area contributed by atoms with Gasteiger partial charge in [0.15, 0.2) is 0 Å². The first kappa shape index (κ1) is 21.8. The van der Waals surface area contributed by atoms with E-state index in [4.69, 9.17) is 16.2 Å². The molecule has 1 aromatic heterocycles. The predicted octanol–water partition coefficient (Wildman–Crippen LogP) is 1.72. The van der Waals surface area contributed by atoms with Crippen LogP contribution in [0.3, 0.4) is 0 Å². The quantitative estimate of drug-likeness (QED) is 0.434. The summed E-state index contributed by atoms with van der Waals surface area (Å²) in [6.45, 7) is 1.84. The van der Waals surface area contributed by atoms with Gasteiger partial charge in [0, 0.05) is 12.1 Å². The summed E-state index contributed by atoms with van der Waals surface area (Å²) in [5.41, 5.74) is 13.9. The largest absolute Gasteiger partial charge is 0.496 e. The van der Waals surface area contributed by atoms with Gasteiger partial charge in [0.25, 0.3) is 11.8 Å². The molecule has 9 heteroatoms. The lowest BCUT2D eigenvalue weighted by Gasteiger charge is -2.10. The van der Waals surface area contributed by atoms with E-state index in [1.165, 1.54) is 11.8 Å². The van der Waals surface area contributed by atoms with E-state index in [1.807, 2.05) is 12.1 Å². The molecule has 3 rings (SSSR count). The number of amides is 2. The van der Waals surface area contributed by atoms with Crippen LogP contribution in [0, 0.1) is 0 Å². The van der Waals surface area contributed by atoms with Crippen molar-refractivity contribution in [3.8, 4) is 17.0 Å². The molecule has 31 heavy (non-hydrogen) atoms. The summed E-state index contributed by atoms with van der Waals surface area (Å²) in [7, 11) is 1.51. The minimum atomic E-state index is -0.697. The Bertz CT molecular complexity index is 1090. The molecule has 2 aromatic carbocycles. The molecule has 0 aliphatic carbocycles. The van der Waals surface area contributed by atoms with Gasteiger partial charge in [0.2, 0.25) is 0 Å². The highest BCUT2D eigenvalue weighted by Crippen LogP contribution is 2.29. The zero-order valence-corrected chi connectivity index (χ0v) is 17.3. The van der Waals surface area contributed by atoms with E-state index in [0.29, 0.717) is 29.1 Å². The molecule has 0 saturated heterocycles. The monoisotopic (exact) mass is 423 g/mol. The molecule has 6 N–H and O–H groups in total. The van der Waals surface area contributed by atoms with Crippen molar-refractivity contribution in [1.82, 2.24) is 15.1 Å². The summed E-state index contributed by atoms with van der Waals surface area (Å²) in [6, 6.07) is 13.7. The molecule has 0 aliphatic rings. The van der Waals surface area contributed by atoms with Crippen molar-refractivity contribution >= 4 is 17.6 Å². The number of hydrogen-bond acceptors (Lipinski definition) is 6. The maximum atomic E-state index is 12.4. The molecule has 0 radical (unpaired) electrons. The van der Waals surface area contributed by atoms with Gasteiger partial charge in [-0.2, -0.15) is 5.10 Å². The van der Waals surface area contributed by atoms with E-state index >= 15 is 0 Å². The van der Waals surface area contributed by atoms with Crippen LogP contribution in [0.1, 0.15) is 39.2 Å². The second-order valence-electron chi connectivity index (χ2n) is 7.03. The molecule has 0 spiro atoms. The predicted molar refractivity (Wildman–Crippen MR) is 117 cm³/mol. The molecule has 1 atom stereocenters. The average Bonchev–Trinajstić information content (AvgIpc) is 3.14. The van der Waals surface area contributed by atoms with Crippen molar-refractivity contribution in [2.24, 2.45) is 5.73 Å². The molecule has 0 saturated carbocycles. The van der Waals surface area contributed by atoms with Crippen LogP contribution in [-0.2, 0) is 6.54 Å². The number of aliphatic hydroxyl groups is 1. The Balaban J connectivity index is 1.79. The normalized spacial score (nSPS) is 11.7. The number of nitrogens with one attached hydrogen (secondary N) is 1. The van der Waals surface area contributed by atoms with E-state index < -0.39 is 11.9 Å². The first-order valence-electron chi connectivity index (χ1n) is 9.66. The van der Waals surface area contributed by atoms with Crippen LogP contribution in [0.5, 0.6) is 5.75 Å². The minimum absolute atomic E-state index is 0.109. The van der Waals surface area contributed by atoms with Gasteiger partial charge >= 0.3 is 0 Å². The number of methoxy groups -OCH3 is 1. The van der Waals surface area contributed by atoms with Gasteiger partial charge < -0.3 is 26.6 Å². The number of benzene rings is 2. The van der Waals surface area contributed by atoms with Crippen molar-refractivity contribution in [1.29, 1.82) is 0 Å². The lowest BCUT2D eigenvalue weighted by atomic mass is 10.0. The number of nitrogen functional groups attached to an aromatic ring is 1. The summed E-state index contributed by atoms with van der Waals surface area (Å²) in [5, 5.41) is 16.6. The molecule has 1 unspecified atom stereocenters. The molecule has 0 aliphatic heterocycles.